The fourth-order valence-electron chi connectivity index (χ4n) is 9.56. The Hall–Kier alpha value is -7.50. The molecule has 4 heteroatoms. The molecule has 290 valence electrons. The van der Waals surface area contributed by atoms with Gasteiger partial charge in [0.05, 0.1) is 16.1 Å². The van der Waals surface area contributed by atoms with Crippen molar-refractivity contribution < 1.29 is 4.42 Å². The van der Waals surface area contributed by atoms with Crippen molar-refractivity contribution in [3.8, 4) is 33.4 Å². The van der Waals surface area contributed by atoms with E-state index in [0.29, 0.717) is 0 Å². The molecule has 0 N–H and O–H groups in total. The molecule has 0 saturated heterocycles. The van der Waals surface area contributed by atoms with Gasteiger partial charge in [0.2, 0.25) is 0 Å². The highest BCUT2D eigenvalue weighted by Crippen LogP contribution is 2.51. The number of nitrogens with zero attached hydrogens (tertiary/aromatic N) is 1. The number of fused-ring (bicyclic) bond motifs is 11. The van der Waals surface area contributed by atoms with Gasteiger partial charge in [0.15, 0.2) is 0 Å². The van der Waals surface area contributed by atoms with Crippen LogP contribution in [0.25, 0.3) is 106 Å². The third kappa shape index (κ3) is 5.47. The van der Waals surface area contributed by atoms with E-state index in [0.717, 1.165) is 60.9 Å². The van der Waals surface area contributed by atoms with Crippen LogP contribution in [0.5, 0.6) is 0 Å². The summed E-state index contributed by atoms with van der Waals surface area (Å²) in [5, 5.41) is 9.64. The van der Waals surface area contributed by atoms with E-state index >= 15 is 0 Å². The molecule has 13 rings (SSSR count). The SMILES string of the molecule is c1ccc(-c2ccc(N(c3ccc4c(oc5c6ccccc6ccc45)c3-c3ccc(-c4cccc5c4sc4ccccc45)cc3)c3cccc4c3sc3ccccc34)cc2)cc1. The summed E-state index contributed by atoms with van der Waals surface area (Å²) in [6.07, 6.45) is 0. The van der Waals surface area contributed by atoms with E-state index in [9.17, 15) is 0 Å². The minimum absolute atomic E-state index is 0.877. The molecule has 13 aromatic rings. The highest BCUT2D eigenvalue weighted by Gasteiger charge is 2.25. The van der Waals surface area contributed by atoms with E-state index in [2.05, 4.69) is 217 Å². The number of furan rings is 1. The van der Waals surface area contributed by atoms with Crippen LogP contribution in [0, 0.1) is 0 Å². The molecule has 0 unspecified atom stereocenters. The summed E-state index contributed by atoms with van der Waals surface area (Å²) in [7, 11) is 0. The maximum atomic E-state index is 7.21. The Morgan fingerprint density at radius 2 is 0.887 bits per heavy atom. The van der Waals surface area contributed by atoms with Crippen LogP contribution < -0.4 is 4.90 Å². The van der Waals surface area contributed by atoms with Crippen molar-refractivity contribution in [2.24, 2.45) is 0 Å². The molecule has 10 aromatic carbocycles. The van der Waals surface area contributed by atoms with Gasteiger partial charge in [0, 0.05) is 63.1 Å². The number of rotatable bonds is 6. The van der Waals surface area contributed by atoms with Crippen molar-refractivity contribution in [1.29, 1.82) is 0 Å². The van der Waals surface area contributed by atoms with Crippen LogP contribution in [-0.4, -0.2) is 0 Å². The Morgan fingerprint density at radius 3 is 1.66 bits per heavy atom. The lowest BCUT2D eigenvalue weighted by atomic mass is 9.95. The van der Waals surface area contributed by atoms with Crippen molar-refractivity contribution in [2.75, 3.05) is 4.90 Å². The second-order valence-electron chi connectivity index (χ2n) is 16.0. The van der Waals surface area contributed by atoms with Gasteiger partial charge in [-0.2, -0.15) is 0 Å². The quantitative estimate of drug-likeness (QED) is 0.166. The molecule has 0 atom stereocenters. The van der Waals surface area contributed by atoms with Gasteiger partial charge in [-0.15, -0.1) is 22.7 Å². The summed E-state index contributed by atoms with van der Waals surface area (Å²) in [6.45, 7) is 0. The van der Waals surface area contributed by atoms with E-state index in [1.165, 1.54) is 62.6 Å². The van der Waals surface area contributed by atoms with Crippen molar-refractivity contribution in [2.45, 2.75) is 0 Å². The molecule has 0 saturated carbocycles. The van der Waals surface area contributed by atoms with Crippen molar-refractivity contribution >= 4 is 113 Å². The zero-order valence-corrected chi connectivity index (χ0v) is 35.0. The first-order valence-corrected chi connectivity index (χ1v) is 22.6. The van der Waals surface area contributed by atoms with Gasteiger partial charge in [-0.1, -0.05) is 164 Å². The summed E-state index contributed by atoms with van der Waals surface area (Å²) >= 11 is 3.73. The first-order valence-electron chi connectivity index (χ1n) is 21.0. The van der Waals surface area contributed by atoms with Crippen LogP contribution in [0.4, 0.5) is 17.1 Å². The van der Waals surface area contributed by atoms with Crippen molar-refractivity contribution in [3.63, 3.8) is 0 Å². The average molecular weight is 826 g/mol. The fraction of sp³-hybridized carbons (Fsp3) is 0. The van der Waals surface area contributed by atoms with E-state index in [4.69, 9.17) is 4.42 Å². The van der Waals surface area contributed by atoms with E-state index < -0.39 is 0 Å². The first kappa shape index (κ1) is 35.3. The average Bonchev–Trinajstić information content (AvgIpc) is 4.04. The Labute approximate surface area is 365 Å². The Balaban J connectivity index is 1.08. The number of hydrogen-bond donors (Lipinski definition) is 0. The molecule has 0 bridgehead atoms. The lowest BCUT2D eigenvalue weighted by Crippen LogP contribution is -2.11. The minimum Gasteiger partial charge on any atom is -0.455 e. The molecule has 3 heterocycles. The molecule has 62 heavy (non-hydrogen) atoms. The summed E-state index contributed by atoms with van der Waals surface area (Å²) in [4.78, 5) is 2.46. The summed E-state index contributed by atoms with van der Waals surface area (Å²) in [5.41, 5.74) is 12.0. The maximum Gasteiger partial charge on any atom is 0.145 e. The smallest absolute Gasteiger partial charge is 0.145 e. The summed E-state index contributed by atoms with van der Waals surface area (Å²) < 4.78 is 12.4. The molecular weight excluding hydrogens is 791 g/mol. The molecule has 0 aliphatic heterocycles. The minimum atomic E-state index is 0.877. The highest BCUT2D eigenvalue weighted by molar-refractivity contribution is 7.26. The monoisotopic (exact) mass is 825 g/mol. The molecular formula is C58H35NOS2. The van der Waals surface area contributed by atoms with E-state index in [1.54, 1.807) is 0 Å². The van der Waals surface area contributed by atoms with Gasteiger partial charge < -0.3 is 9.32 Å². The molecule has 0 radical (unpaired) electrons. The standard InChI is InChI=1S/C58H35NOS2/c1-2-12-36(13-3-1)37-28-31-41(32-29-37)59(51-21-11-20-49-45-17-7-9-23-53(45)62-58(49)51)50-35-34-47-46-33-30-38-14-4-5-15-42(38)55(46)60-56(47)54(50)40-26-24-39(25-27-40)43-18-10-19-48-44-16-6-8-22-52(44)61-57(43)48/h1-35H. The second kappa shape index (κ2) is 14.0. The number of hydrogen-bond acceptors (Lipinski definition) is 4. The fourth-order valence-corrected chi connectivity index (χ4v) is 12.0. The van der Waals surface area contributed by atoms with Crippen LogP contribution in [0.2, 0.25) is 0 Å². The van der Waals surface area contributed by atoms with Gasteiger partial charge in [-0.3, -0.25) is 0 Å². The Kier molecular flexibility index (Phi) is 7.99. The Morgan fingerprint density at radius 1 is 0.323 bits per heavy atom. The molecule has 0 amide bonds. The molecule has 0 aliphatic rings. The molecule has 3 aromatic heterocycles. The van der Waals surface area contributed by atoms with Gasteiger partial charge in [0.25, 0.3) is 0 Å². The van der Waals surface area contributed by atoms with Crippen LogP contribution >= 0.6 is 22.7 Å². The van der Waals surface area contributed by atoms with Gasteiger partial charge >= 0.3 is 0 Å². The number of anilines is 3. The molecule has 2 nitrogen and oxygen atoms in total. The largest absolute Gasteiger partial charge is 0.455 e. The highest BCUT2D eigenvalue weighted by atomic mass is 32.1. The van der Waals surface area contributed by atoms with Crippen LogP contribution in [0.1, 0.15) is 0 Å². The predicted octanol–water partition coefficient (Wildman–Crippen LogP) is 17.9. The topological polar surface area (TPSA) is 16.4 Å². The molecule has 0 spiro atoms. The normalized spacial score (nSPS) is 11.9. The summed E-state index contributed by atoms with van der Waals surface area (Å²) in [6, 6.07) is 77.3. The van der Waals surface area contributed by atoms with Crippen molar-refractivity contribution in [1.82, 2.24) is 0 Å². The maximum absolute atomic E-state index is 7.21. The van der Waals surface area contributed by atoms with Crippen LogP contribution in [-0.2, 0) is 0 Å². The van der Waals surface area contributed by atoms with Gasteiger partial charge in [-0.25, -0.2) is 0 Å². The van der Waals surface area contributed by atoms with E-state index in [1.807, 2.05) is 22.7 Å². The predicted molar refractivity (Wildman–Crippen MR) is 268 cm³/mol. The van der Waals surface area contributed by atoms with Crippen LogP contribution in [0.3, 0.4) is 0 Å². The van der Waals surface area contributed by atoms with Crippen LogP contribution in [0.15, 0.2) is 217 Å². The Bertz CT molecular complexity index is 3860. The molecule has 0 fully saturated rings. The third-order valence-electron chi connectivity index (χ3n) is 12.5. The lowest BCUT2D eigenvalue weighted by Gasteiger charge is -2.28. The zero-order chi connectivity index (χ0) is 40.7. The number of thiophene rings is 2. The van der Waals surface area contributed by atoms with Gasteiger partial charge in [-0.05, 0) is 81.7 Å². The summed E-state index contributed by atoms with van der Waals surface area (Å²) in [5.74, 6) is 0. The molecule has 0 aliphatic carbocycles. The second-order valence-corrected chi connectivity index (χ2v) is 18.1. The van der Waals surface area contributed by atoms with Crippen molar-refractivity contribution in [3.05, 3.63) is 212 Å². The zero-order valence-electron chi connectivity index (χ0n) is 33.4. The number of benzene rings is 10. The first-order chi connectivity index (χ1) is 30.7. The van der Waals surface area contributed by atoms with Gasteiger partial charge in [0.1, 0.15) is 11.2 Å². The third-order valence-corrected chi connectivity index (χ3v) is 14.9. The lowest BCUT2D eigenvalue weighted by molar-refractivity contribution is 0.674. The van der Waals surface area contributed by atoms with E-state index in [-0.39, 0.29) is 0 Å².